The van der Waals surface area contributed by atoms with E-state index in [9.17, 15) is 0 Å². The number of rotatable bonds is 1. The highest BCUT2D eigenvalue weighted by atomic mass is 35.5. The summed E-state index contributed by atoms with van der Waals surface area (Å²) in [6, 6.07) is 7.84. The first-order chi connectivity index (χ1) is 8.58. The number of thiazole rings is 1. The van der Waals surface area contributed by atoms with E-state index in [0.29, 0.717) is 0 Å². The summed E-state index contributed by atoms with van der Waals surface area (Å²) in [5, 5.41) is 0.754. The van der Waals surface area contributed by atoms with Gasteiger partial charge in [0.15, 0.2) is 4.96 Å². The summed E-state index contributed by atoms with van der Waals surface area (Å²) in [6.07, 6.45) is 0. The van der Waals surface area contributed by atoms with Gasteiger partial charge in [-0.1, -0.05) is 23.7 Å². The molecule has 0 atom stereocenters. The third-order valence-electron chi connectivity index (χ3n) is 3.28. The molecule has 0 N–H and O–H groups in total. The number of benzene rings is 1. The van der Waals surface area contributed by atoms with Crippen molar-refractivity contribution in [2.24, 2.45) is 0 Å². The molecule has 0 radical (unpaired) electrons. The second kappa shape index (κ2) is 4.11. The average molecular weight is 277 g/mol. The van der Waals surface area contributed by atoms with Crippen molar-refractivity contribution < 1.29 is 0 Å². The van der Waals surface area contributed by atoms with Crippen LogP contribution in [0, 0.1) is 20.8 Å². The molecule has 3 aromatic rings. The van der Waals surface area contributed by atoms with E-state index >= 15 is 0 Å². The molecule has 2 nitrogen and oxygen atoms in total. The highest BCUT2D eigenvalue weighted by Crippen LogP contribution is 2.30. The van der Waals surface area contributed by atoms with Crippen LogP contribution in [0.3, 0.4) is 0 Å². The standard InChI is InChI=1S/C14H13ClN2S/c1-8-10(3)18-14-16-13(9(2)17(8)14)11-4-6-12(15)7-5-11/h4-7H,1-3H3. The van der Waals surface area contributed by atoms with Crippen LogP contribution in [-0.4, -0.2) is 9.38 Å². The molecule has 0 saturated heterocycles. The molecule has 0 amide bonds. The van der Waals surface area contributed by atoms with Crippen LogP contribution in [0.5, 0.6) is 0 Å². The van der Waals surface area contributed by atoms with Crippen molar-refractivity contribution in [3.8, 4) is 11.3 Å². The molecule has 1 aromatic carbocycles. The van der Waals surface area contributed by atoms with Crippen molar-refractivity contribution in [1.29, 1.82) is 0 Å². The predicted octanol–water partition coefficient (Wildman–Crippen LogP) is 4.64. The third kappa shape index (κ3) is 1.66. The van der Waals surface area contributed by atoms with Gasteiger partial charge in [0.2, 0.25) is 0 Å². The summed E-state index contributed by atoms with van der Waals surface area (Å²) in [6.45, 7) is 6.39. The maximum absolute atomic E-state index is 5.92. The minimum absolute atomic E-state index is 0.754. The van der Waals surface area contributed by atoms with Gasteiger partial charge in [-0.15, -0.1) is 11.3 Å². The Hall–Kier alpha value is -1.32. The number of fused-ring (bicyclic) bond motifs is 1. The second-order valence-electron chi connectivity index (χ2n) is 4.41. The molecule has 0 aliphatic carbocycles. The first kappa shape index (κ1) is 11.8. The van der Waals surface area contributed by atoms with Crippen molar-refractivity contribution in [1.82, 2.24) is 9.38 Å². The number of aromatic nitrogens is 2. The van der Waals surface area contributed by atoms with Gasteiger partial charge in [0.05, 0.1) is 5.69 Å². The van der Waals surface area contributed by atoms with Crippen molar-refractivity contribution >= 4 is 27.9 Å². The van der Waals surface area contributed by atoms with Crippen LogP contribution in [0.1, 0.15) is 16.3 Å². The van der Waals surface area contributed by atoms with Gasteiger partial charge in [-0.25, -0.2) is 4.98 Å². The Morgan fingerprint density at radius 2 is 1.72 bits per heavy atom. The Kier molecular flexibility index (Phi) is 2.68. The molecule has 92 valence electrons. The van der Waals surface area contributed by atoms with Gasteiger partial charge in [-0.3, -0.25) is 4.40 Å². The van der Waals surface area contributed by atoms with E-state index in [1.807, 2.05) is 24.3 Å². The van der Waals surface area contributed by atoms with Gasteiger partial charge in [0, 0.05) is 26.9 Å². The number of hydrogen-bond acceptors (Lipinski definition) is 2. The van der Waals surface area contributed by atoms with Crippen molar-refractivity contribution in [2.45, 2.75) is 20.8 Å². The average Bonchev–Trinajstić information content (AvgIpc) is 2.80. The van der Waals surface area contributed by atoms with Crippen LogP contribution in [-0.2, 0) is 0 Å². The second-order valence-corrected chi connectivity index (χ2v) is 6.03. The lowest BCUT2D eigenvalue weighted by atomic mass is 10.1. The van der Waals surface area contributed by atoms with E-state index in [2.05, 4.69) is 25.2 Å². The fraction of sp³-hybridized carbons (Fsp3) is 0.214. The maximum atomic E-state index is 5.92. The summed E-state index contributed by atoms with van der Waals surface area (Å²) < 4.78 is 2.23. The molecule has 0 spiro atoms. The van der Waals surface area contributed by atoms with Crippen LogP contribution < -0.4 is 0 Å². The number of imidazole rings is 1. The SMILES string of the molecule is Cc1sc2nc(-c3ccc(Cl)cc3)c(C)n2c1C. The van der Waals surface area contributed by atoms with E-state index in [-0.39, 0.29) is 0 Å². The fourth-order valence-electron chi connectivity index (χ4n) is 2.19. The van der Waals surface area contributed by atoms with E-state index in [1.54, 1.807) is 11.3 Å². The Balaban J connectivity index is 2.24. The Bertz CT molecular complexity index is 722. The van der Waals surface area contributed by atoms with Crippen molar-refractivity contribution in [2.75, 3.05) is 0 Å². The quantitative estimate of drug-likeness (QED) is 0.633. The molecular formula is C14H13ClN2S. The van der Waals surface area contributed by atoms with E-state index in [4.69, 9.17) is 16.6 Å². The smallest absolute Gasteiger partial charge is 0.194 e. The molecule has 0 fully saturated rings. The summed E-state index contributed by atoms with van der Waals surface area (Å²) in [5.41, 5.74) is 4.63. The summed E-state index contributed by atoms with van der Waals surface area (Å²) in [4.78, 5) is 7.12. The zero-order valence-corrected chi connectivity index (χ0v) is 12.1. The predicted molar refractivity (Wildman–Crippen MR) is 77.7 cm³/mol. The molecule has 18 heavy (non-hydrogen) atoms. The Morgan fingerprint density at radius 3 is 2.33 bits per heavy atom. The van der Waals surface area contributed by atoms with Crippen LogP contribution in [0.4, 0.5) is 0 Å². The Labute approximate surface area is 115 Å². The van der Waals surface area contributed by atoms with Gasteiger partial charge in [0.25, 0.3) is 0 Å². The maximum Gasteiger partial charge on any atom is 0.194 e. The van der Waals surface area contributed by atoms with Gasteiger partial charge >= 0.3 is 0 Å². The molecule has 2 heterocycles. The van der Waals surface area contributed by atoms with E-state index < -0.39 is 0 Å². The monoisotopic (exact) mass is 276 g/mol. The van der Waals surface area contributed by atoms with Crippen LogP contribution in [0.2, 0.25) is 5.02 Å². The first-order valence-corrected chi connectivity index (χ1v) is 6.98. The molecule has 0 saturated carbocycles. The lowest BCUT2D eigenvalue weighted by Crippen LogP contribution is -1.89. The summed E-state index contributed by atoms with van der Waals surface area (Å²) in [5.74, 6) is 0. The fourth-order valence-corrected chi connectivity index (χ4v) is 3.33. The minimum atomic E-state index is 0.754. The zero-order valence-electron chi connectivity index (χ0n) is 10.5. The number of aryl methyl sites for hydroxylation is 3. The van der Waals surface area contributed by atoms with Crippen molar-refractivity contribution in [3.05, 3.63) is 45.6 Å². The van der Waals surface area contributed by atoms with Gasteiger partial charge < -0.3 is 0 Å². The van der Waals surface area contributed by atoms with Crippen LogP contribution in [0.25, 0.3) is 16.2 Å². The topological polar surface area (TPSA) is 17.3 Å². The zero-order chi connectivity index (χ0) is 12.9. The van der Waals surface area contributed by atoms with Gasteiger partial charge in [0.1, 0.15) is 0 Å². The molecular weight excluding hydrogens is 264 g/mol. The lowest BCUT2D eigenvalue weighted by Gasteiger charge is -2.01. The van der Waals surface area contributed by atoms with Crippen LogP contribution >= 0.6 is 22.9 Å². The summed E-state index contributed by atoms with van der Waals surface area (Å²) >= 11 is 7.66. The van der Waals surface area contributed by atoms with Gasteiger partial charge in [-0.05, 0) is 32.9 Å². The largest absolute Gasteiger partial charge is 0.291 e. The first-order valence-electron chi connectivity index (χ1n) is 5.79. The lowest BCUT2D eigenvalue weighted by molar-refractivity contribution is 1.05. The molecule has 0 bridgehead atoms. The van der Waals surface area contributed by atoms with Crippen LogP contribution in [0.15, 0.2) is 24.3 Å². The Morgan fingerprint density at radius 1 is 1.06 bits per heavy atom. The highest BCUT2D eigenvalue weighted by molar-refractivity contribution is 7.17. The number of halogens is 1. The summed E-state index contributed by atoms with van der Waals surface area (Å²) in [7, 11) is 0. The number of nitrogens with zero attached hydrogens (tertiary/aromatic N) is 2. The number of hydrogen-bond donors (Lipinski definition) is 0. The highest BCUT2D eigenvalue weighted by Gasteiger charge is 2.14. The van der Waals surface area contributed by atoms with E-state index in [0.717, 1.165) is 21.2 Å². The normalized spacial score (nSPS) is 11.3. The van der Waals surface area contributed by atoms with Crippen molar-refractivity contribution in [3.63, 3.8) is 0 Å². The molecule has 0 aliphatic rings. The third-order valence-corrected chi connectivity index (χ3v) is 4.59. The molecule has 3 rings (SSSR count). The van der Waals surface area contributed by atoms with E-state index in [1.165, 1.54) is 16.3 Å². The minimum Gasteiger partial charge on any atom is -0.291 e. The molecule has 4 heteroatoms. The molecule has 2 aromatic heterocycles. The van der Waals surface area contributed by atoms with Gasteiger partial charge in [-0.2, -0.15) is 0 Å². The molecule has 0 aliphatic heterocycles. The molecule has 0 unspecified atom stereocenters.